The molecule has 1 N–H and O–H groups in total. The Kier molecular flexibility index (Phi) is 5.63. The number of rotatable bonds is 7. The number of hydrogen-bond donors (Lipinski definition) is 1. The quantitative estimate of drug-likeness (QED) is 0.531. The molecular formula is C27H33BN2O4. The van der Waals surface area contributed by atoms with Crippen LogP contribution in [0.5, 0.6) is 11.5 Å². The number of nitrogens with zero attached hydrogens (tertiary/aromatic N) is 1. The number of carbonyl (C=O) groups excluding carboxylic acids is 1. The van der Waals surface area contributed by atoms with E-state index in [0.717, 1.165) is 54.1 Å². The van der Waals surface area contributed by atoms with Crippen LogP contribution in [0.25, 0.3) is 10.9 Å². The second kappa shape index (κ2) is 8.38. The average Bonchev–Trinajstić information content (AvgIpc) is 3.33. The van der Waals surface area contributed by atoms with Crippen molar-refractivity contribution in [3.63, 3.8) is 0 Å². The van der Waals surface area contributed by atoms with Gasteiger partial charge in [-0.1, -0.05) is 26.8 Å². The Morgan fingerprint density at radius 3 is 2.62 bits per heavy atom. The lowest BCUT2D eigenvalue weighted by Gasteiger charge is -2.24. The highest BCUT2D eigenvalue weighted by molar-refractivity contribution is 6.11. The maximum atomic E-state index is 13.4. The molecule has 0 saturated heterocycles. The Bertz CT molecular complexity index is 1240. The highest BCUT2D eigenvalue weighted by atomic mass is 16.7. The van der Waals surface area contributed by atoms with Crippen LogP contribution >= 0.6 is 0 Å². The standard InChI is InChI=1S/C27H33BN2O4/c1-26(2,3)24-12-17-11-20(6-7-21(17)30(24)14-19(28)15-32-4)29-25(31)27(9-10-27)18-5-8-22-23(13-18)34-16-33-22/h5-8,11-13,19H,9-10,14-16,28H2,1-4H3,(H,29,31). The first-order valence-electron chi connectivity index (χ1n) is 12.1. The van der Waals surface area contributed by atoms with E-state index in [2.05, 4.69) is 56.7 Å². The number of anilines is 1. The van der Waals surface area contributed by atoms with Gasteiger partial charge in [0, 0.05) is 48.0 Å². The van der Waals surface area contributed by atoms with Gasteiger partial charge in [0.1, 0.15) is 7.85 Å². The summed E-state index contributed by atoms with van der Waals surface area (Å²) in [6.45, 7) is 8.57. The summed E-state index contributed by atoms with van der Waals surface area (Å²) in [5.74, 6) is 1.90. The minimum Gasteiger partial charge on any atom is -0.454 e. The summed E-state index contributed by atoms with van der Waals surface area (Å²) >= 11 is 0. The molecule has 1 aliphatic heterocycles. The van der Waals surface area contributed by atoms with Crippen molar-refractivity contribution in [2.75, 3.05) is 25.8 Å². The maximum absolute atomic E-state index is 13.4. The molecule has 0 radical (unpaired) electrons. The van der Waals surface area contributed by atoms with E-state index in [-0.39, 0.29) is 18.1 Å². The summed E-state index contributed by atoms with van der Waals surface area (Å²) in [6.07, 6.45) is 1.67. The smallest absolute Gasteiger partial charge is 0.235 e. The molecule has 1 fully saturated rings. The van der Waals surface area contributed by atoms with Gasteiger partial charge in [-0.05, 0) is 60.6 Å². The molecule has 5 rings (SSSR count). The van der Waals surface area contributed by atoms with Gasteiger partial charge in [-0.2, -0.15) is 0 Å². The monoisotopic (exact) mass is 460 g/mol. The fourth-order valence-corrected chi connectivity index (χ4v) is 5.03. The fraction of sp³-hybridized carbons (Fsp3) is 0.444. The number of nitrogens with one attached hydrogen (secondary N) is 1. The molecular weight excluding hydrogens is 427 g/mol. The first-order valence-corrected chi connectivity index (χ1v) is 12.1. The van der Waals surface area contributed by atoms with Gasteiger partial charge < -0.3 is 24.1 Å². The largest absolute Gasteiger partial charge is 0.454 e. The SMILES string of the molecule is BC(COC)Cn1c(C(C)(C)C)cc2cc(NC(=O)C3(c4ccc5c(c4)OCO5)CC3)ccc21. The average molecular weight is 460 g/mol. The molecule has 0 spiro atoms. The molecule has 1 saturated carbocycles. The number of amides is 1. The third-order valence-electron chi connectivity index (χ3n) is 6.98. The topological polar surface area (TPSA) is 61.7 Å². The van der Waals surface area contributed by atoms with Crippen molar-refractivity contribution in [2.24, 2.45) is 0 Å². The highest BCUT2D eigenvalue weighted by Gasteiger charge is 2.51. The Morgan fingerprint density at radius 1 is 1.15 bits per heavy atom. The highest BCUT2D eigenvalue weighted by Crippen LogP contribution is 2.51. The molecule has 1 unspecified atom stereocenters. The van der Waals surface area contributed by atoms with Gasteiger partial charge in [0.15, 0.2) is 11.5 Å². The van der Waals surface area contributed by atoms with Gasteiger partial charge in [0.2, 0.25) is 12.7 Å². The second-order valence-corrected chi connectivity index (χ2v) is 10.8. The Labute approximate surface area is 202 Å². The zero-order valence-electron chi connectivity index (χ0n) is 20.7. The number of carbonyl (C=O) groups is 1. The van der Waals surface area contributed by atoms with E-state index >= 15 is 0 Å². The van der Waals surface area contributed by atoms with Crippen molar-refractivity contribution < 1.29 is 19.0 Å². The fourth-order valence-electron chi connectivity index (χ4n) is 5.03. The van der Waals surface area contributed by atoms with Crippen LogP contribution in [0.3, 0.4) is 0 Å². The molecule has 2 aliphatic rings. The van der Waals surface area contributed by atoms with Crippen LogP contribution in [0.4, 0.5) is 5.69 Å². The van der Waals surface area contributed by atoms with E-state index in [1.165, 1.54) is 11.2 Å². The molecule has 2 heterocycles. The number of benzene rings is 2. The zero-order valence-corrected chi connectivity index (χ0v) is 20.7. The van der Waals surface area contributed by atoms with E-state index in [1.807, 2.05) is 24.3 Å². The summed E-state index contributed by atoms with van der Waals surface area (Å²) < 4.78 is 18.7. The van der Waals surface area contributed by atoms with Crippen LogP contribution in [-0.4, -0.2) is 38.8 Å². The molecule has 1 aromatic heterocycles. The first-order chi connectivity index (χ1) is 16.2. The van der Waals surface area contributed by atoms with E-state index in [4.69, 9.17) is 14.2 Å². The Morgan fingerprint density at radius 2 is 1.91 bits per heavy atom. The van der Waals surface area contributed by atoms with Gasteiger partial charge in [-0.25, -0.2) is 0 Å². The summed E-state index contributed by atoms with van der Waals surface area (Å²) in [6, 6.07) is 14.3. The lowest BCUT2D eigenvalue weighted by molar-refractivity contribution is -0.118. The normalized spacial score (nSPS) is 17.1. The van der Waals surface area contributed by atoms with Crippen LogP contribution in [0.2, 0.25) is 5.82 Å². The molecule has 178 valence electrons. The van der Waals surface area contributed by atoms with Crippen molar-refractivity contribution in [3.8, 4) is 11.5 Å². The van der Waals surface area contributed by atoms with Gasteiger partial charge in [-0.15, -0.1) is 0 Å². The van der Waals surface area contributed by atoms with E-state index in [1.54, 1.807) is 7.11 Å². The predicted octanol–water partition coefficient (Wildman–Crippen LogP) is 4.41. The van der Waals surface area contributed by atoms with Crippen LogP contribution in [0, 0.1) is 0 Å². The number of ether oxygens (including phenoxy) is 3. The van der Waals surface area contributed by atoms with E-state index in [0.29, 0.717) is 5.82 Å². The molecule has 34 heavy (non-hydrogen) atoms. The van der Waals surface area contributed by atoms with Gasteiger partial charge >= 0.3 is 0 Å². The second-order valence-electron chi connectivity index (χ2n) is 10.8. The molecule has 2 aromatic carbocycles. The van der Waals surface area contributed by atoms with E-state index in [9.17, 15) is 4.79 Å². The zero-order chi connectivity index (χ0) is 24.1. The van der Waals surface area contributed by atoms with Crippen molar-refractivity contribution >= 4 is 30.3 Å². The lowest BCUT2D eigenvalue weighted by atomic mass is 9.87. The molecule has 1 aliphatic carbocycles. The lowest BCUT2D eigenvalue weighted by Crippen LogP contribution is -2.27. The Hall–Kier alpha value is -2.93. The molecule has 1 amide bonds. The number of aromatic nitrogens is 1. The molecule has 6 nitrogen and oxygen atoms in total. The minimum absolute atomic E-state index is 0.00660. The van der Waals surface area contributed by atoms with E-state index < -0.39 is 5.41 Å². The third-order valence-corrected chi connectivity index (χ3v) is 6.98. The molecule has 7 heteroatoms. The van der Waals surface area contributed by atoms with Crippen LogP contribution in [-0.2, 0) is 26.9 Å². The number of fused-ring (bicyclic) bond motifs is 2. The third kappa shape index (κ3) is 4.07. The van der Waals surface area contributed by atoms with Crippen molar-refractivity contribution in [1.29, 1.82) is 0 Å². The predicted molar refractivity (Wildman–Crippen MR) is 137 cm³/mol. The van der Waals surface area contributed by atoms with Gasteiger partial charge in [0.25, 0.3) is 0 Å². The summed E-state index contributed by atoms with van der Waals surface area (Å²) in [4.78, 5) is 13.4. The van der Waals surface area contributed by atoms with Gasteiger partial charge in [0.05, 0.1) is 5.41 Å². The van der Waals surface area contributed by atoms with Crippen molar-refractivity contribution in [3.05, 3.63) is 53.7 Å². The first kappa shape index (κ1) is 22.8. The van der Waals surface area contributed by atoms with Gasteiger partial charge in [-0.3, -0.25) is 4.79 Å². The maximum Gasteiger partial charge on any atom is 0.235 e. The summed E-state index contributed by atoms with van der Waals surface area (Å²) in [5, 5.41) is 4.33. The summed E-state index contributed by atoms with van der Waals surface area (Å²) in [7, 11) is 3.96. The Balaban J connectivity index is 1.42. The molecule has 3 aromatic rings. The van der Waals surface area contributed by atoms with Crippen molar-refractivity contribution in [1.82, 2.24) is 4.57 Å². The van der Waals surface area contributed by atoms with Crippen LogP contribution in [0.1, 0.15) is 44.9 Å². The number of methoxy groups -OCH3 is 1. The van der Waals surface area contributed by atoms with Crippen LogP contribution < -0.4 is 14.8 Å². The van der Waals surface area contributed by atoms with Crippen molar-refractivity contribution in [2.45, 2.75) is 56.8 Å². The summed E-state index contributed by atoms with van der Waals surface area (Å²) in [5.41, 5.74) is 3.80. The number of hydrogen-bond acceptors (Lipinski definition) is 4. The molecule has 0 bridgehead atoms. The minimum atomic E-state index is -0.492. The molecule has 1 atom stereocenters. The van der Waals surface area contributed by atoms with Crippen LogP contribution in [0.15, 0.2) is 42.5 Å².